The van der Waals surface area contributed by atoms with Crippen molar-refractivity contribution in [3.8, 4) is 0 Å². The Kier molecular flexibility index (Phi) is 7.05. The summed E-state index contributed by atoms with van der Waals surface area (Å²) < 4.78 is 0. The molecule has 34 heavy (non-hydrogen) atoms. The second-order valence-corrected chi connectivity index (χ2v) is 8.48. The molecule has 2 aromatic rings. The maximum atomic E-state index is 12.6. The predicted molar refractivity (Wildman–Crippen MR) is 130 cm³/mol. The van der Waals surface area contributed by atoms with E-state index in [1.807, 2.05) is 6.07 Å². The normalized spacial score (nSPS) is 16.6. The van der Waals surface area contributed by atoms with Crippen LogP contribution in [-0.2, 0) is 4.79 Å². The molecule has 178 valence electrons. The molecule has 2 aliphatic heterocycles. The van der Waals surface area contributed by atoms with Crippen molar-refractivity contribution in [3.05, 3.63) is 74.3 Å². The van der Waals surface area contributed by atoms with Gasteiger partial charge in [0.25, 0.3) is 11.4 Å². The van der Waals surface area contributed by atoms with Crippen LogP contribution in [0, 0.1) is 20.2 Å². The molecule has 0 aromatic heterocycles. The fourth-order valence-corrected chi connectivity index (χ4v) is 4.45. The van der Waals surface area contributed by atoms with Crippen LogP contribution >= 0.6 is 0 Å². The summed E-state index contributed by atoms with van der Waals surface area (Å²) in [5.41, 5.74) is 2.30. The first kappa shape index (κ1) is 23.2. The van der Waals surface area contributed by atoms with Gasteiger partial charge in [0.2, 0.25) is 5.91 Å². The Hall–Kier alpha value is -3.95. The van der Waals surface area contributed by atoms with Gasteiger partial charge in [0.1, 0.15) is 5.69 Å². The van der Waals surface area contributed by atoms with Crippen LogP contribution < -0.4 is 9.80 Å². The number of carbonyl (C=O) groups is 1. The van der Waals surface area contributed by atoms with Crippen LogP contribution in [0.5, 0.6) is 0 Å². The molecule has 2 heterocycles. The fraction of sp³-hybridized carbons (Fsp3) is 0.375. The minimum absolute atomic E-state index is 0.0183. The summed E-state index contributed by atoms with van der Waals surface area (Å²) in [6, 6.07) is 11.4. The molecule has 0 spiro atoms. The Balaban J connectivity index is 1.40. The first-order chi connectivity index (χ1) is 16.4. The number of hydrogen-bond acceptors (Lipinski definition) is 7. The zero-order chi connectivity index (χ0) is 24.1. The third kappa shape index (κ3) is 5.33. The minimum Gasteiger partial charge on any atom is -0.368 e. The van der Waals surface area contributed by atoms with E-state index < -0.39 is 4.92 Å². The highest BCUT2D eigenvalue weighted by molar-refractivity contribution is 5.92. The van der Waals surface area contributed by atoms with E-state index in [9.17, 15) is 25.0 Å². The number of amides is 1. The van der Waals surface area contributed by atoms with Crippen LogP contribution in [0.1, 0.15) is 24.8 Å². The summed E-state index contributed by atoms with van der Waals surface area (Å²) in [7, 11) is 0. The molecule has 0 N–H and O–H groups in total. The highest BCUT2D eigenvalue weighted by Gasteiger charge is 2.25. The molecule has 0 radical (unpaired) electrons. The van der Waals surface area contributed by atoms with E-state index in [-0.39, 0.29) is 22.2 Å². The van der Waals surface area contributed by atoms with Crippen LogP contribution in [0.15, 0.2) is 48.5 Å². The van der Waals surface area contributed by atoms with Crippen LogP contribution in [0.2, 0.25) is 0 Å². The highest BCUT2D eigenvalue weighted by Crippen LogP contribution is 2.34. The van der Waals surface area contributed by atoms with Crippen LogP contribution in [0.3, 0.4) is 0 Å². The second kappa shape index (κ2) is 10.3. The lowest BCUT2D eigenvalue weighted by molar-refractivity contribution is -0.384. The Labute approximate surface area is 197 Å². The van der Waals surface area contributed by atoms with E-state index in [2.05, 4.69) is 9.80 Å². The molecule has 1 amide bonds. The highest BCUT2D eigenvalue weighted by atomic mass is 16.6. The molecule has 2 aliphatic rings. The van der Waals surface area contributed by atoms with Crippen LogP contribution in [0.25, 0.3) is 6.08 Å². The summed E-state index contributed by atoms with van der Waals surface area (Å²) in [5.74, 6) is -0.149. The van der Waals surface area contributed by atoms with Gasteiger partial charge in [-0.3, -0.25) is 25.0 Å². The number of nitro groups is 2. The van der Waals surface area contributed by atoms with Crippen molar-refractivity contribution in [2.45, 2.75) is 19.3 Å². The quantitative estimate of drug-likeness (QED) is 0.362. The van der Waals surface area contributed by atoms with Gasteiger partial charge in [-0.25, -0.2) is 0 Å². The summed E-state index contributed by atoms with van der Waals surface area (Å²) in [4.78, 5) is 40.3. The maximum absolute atomic E-state index is 12.6. The molecule has 2 fully saturated rings. The van der Waals surface area contributed by atoms with Gasteiger partial charge in [-0.1, -0.05) is 12.1 Å². The number of nitro benzene ring substituents is 2. The lowest BCUT2D eigenvalue weighted by Crippen LogP contribution is -2.48. The predicted octanol–water partition coefficient (Wildman–Crippen LogP) is 3.86. The third-order valence-electron chi connectivity index (χ3n) is 6.31. The minimum atomic E-state index is -0.465. The average Bonchev–Trinajstić information content (AvgIpc) is 2.87. The van der Waals surface area contributed by atoms with E-state index in [1.165, 1.54) is 18.2 Å². The van der Waals surface area contributed by atoms with Crippen LogP contribution in [0.4, 0.5) is 22.7 Å². The monoisotopic (exact) mass is 465 g/mol. The van der Waals surface area contributed by atoms with Crippen molar-refractivity contribution in [2.75, 3.05) is 49.1 Å². The number of benzene rings is 2. The van der Waals surface area contributed by atoms with E-state index in [0.29, 0.717) is 37.4 Å². The largest absolute Gasteiger partial charge is 0.368 e. The molecule has 0 atom stereocenters. The number of non-ortho nitro benzene ring substituents is 1. The van der Waals surface area contributed by atoms with Gasteiger partial charge in [-0.05, 0) is 43.0 Å². The van der Waals surface area contributed by atoms with E-state index in [1.54, 1.807) is 35.2 Å². The lowest BCUT2D eigenvalue weighted by Gasteiger charge is -2.36. The molecular formula is C24H27N5O5. The topological polar surface area (TPSA) is 113 Å². The Bertz CT molecular complexity index is 1100. The van der Waals surface area contributed by atoms with Gasteiger partial charge < -0.3 is 14.7 Å². The molecule has 4 rings (SSSR count). The second-order valence-electron chi connectivity index (χ2n) is 8.48. The molecule has 0 unspecified atom stereocenters. The number of carbonyl (C=O) groups excluding carboxylic acids is 1. The van der Waals surface area contributed by atoms with Gasteiger partial charge in [0.15, 0.2) is 0 Å². The Morgan fingerprint density at radius 1 is 0.824 bits per heavy atom. The van der Waals surface area contributed by atoms with Crippen molar-refractivity contribution in [1.29, 1.82) is 0 Å². The molecule has 0 saturated carbocycles. The zero-order valence-electron chi connectivity index (χ0n) is 18.8. The summed E-state index contributed by atoms with van der Waals surface area (Å²) >= 11 is 0. The maximum Gasteiger partial charge on any atom is 0.292 e. The van der Waals surface area contributed by atoms with Gasteiger partial charge in [0, 0.05) is 69.2 Å². The number of anilines is 2. The van der Waals surface area contributed by atoms with Crippen molar-refractivity contribution < 1.29 is 14.6 Å². The van der Waals surface area contributed by atoms with E-state index in [4.69, 9.17) is 0 Å². The van der Waals surface area contributed by atoms with Gasteiger partial charge >= 0.3 is 0 Å². The Morgan fingerprint density at radius 2 is 1.56 bits per heavy atom. The molecule has 2 saturated heterocycles. The van der Waals surface area contributed by atoms with Crippen molar-refractivity contribution in [1.82, 2.24) is 4.90 Å². The zero-order valence-corrected chi connectivity index (χ0v) is 18.8. The summed E-state index contributed by atoms with van der Waals surface area (Å²) in [5, 5.41) is 22.5. The average molecular weight is 466 g/mol. The SMILES string of the molecule is O=C(/C=C/c1cccc([N+](=O)[O-])c1)N1CCN(c2ccc([N+](=O)[O-])c(N3CCCCC3)c2)CC1. The number of hydrogen-bond donors (Lipinski definition) is 0. The van der Waals surface area contributed by atoms with Crippen molar-refractivity contribution in [3.63, 3.8) is 0 Å². The third-order valence-corrected chi connectivity index (χ3v) is 6.31. The van der Waals surface area contributed by atoms with Crippen LogP contribution in [-0.4, -0.2) is 59.9 Å². The lowest BCUT2D eigenvalue weighted by atomic mass is 10.1. The van der Waals surface area contributed by atoms with Crippen molar-refractivity contribution in [2.24, 2.45) is 0 Å². The fourth-order valence-electron chi connectivity index (χ4n) is 4.45. The van der Waals surface area contributed by atoms with Gasteiger partial charge in [-0.2, -0.15) is 0 Å². The number of piperazine rings is 1. The molecule has 2 aromatic carbocycles. The smallest absolute Gasteiger partial charge is 0.292 e. The standard InChI is InChI=1S/C24H27N5O5/c30-24(10-7-19-5-4-6-21(17-19)28(31)32)27-15-13-25(14-16-27)20-8-9-22(29(33)34)23(18-20)26-11-2-1-3-12-26/h4-10,17-18H,1-3,11-16H2/b10-7+. The molecule has 0 bridgehead atoms. The van der Waals surface area contributed by atoms with Gasteiger partial charge in [0.05, 0.1) is 9.85 Å². The number of rotatable bonds is 6. The summed E-state index contributed by atoms with van der Waals surface area (Å²) in [6.07, 6.45) is 6.24. The van der Waals surface area contributed by atoms with E-state index in [0.717, 1.165) is 38.0 Å². The first-order valence-electron chi connectivity index (χ1n) is 11.4. The van der Waals surface area contributed by atoms with E-state index >= 15 is 0 Å². The Morgan fingerprint density at radius 3 is 2.24 bits per heavy atom. The molecular weight excluding hydrogens is 438 g/mol. The van der Waals surface area contributed by atoms with Crippen molar-refractivity contribution >= 4 is 34.7 Å². The first-order valence-corrected chi connectivity index (χ1v) is 11.4. The summed E-state index contributed by atoms with van der Waals surface area (Å²) in [6.45, 7) is 3.93. The number of nitrogens with zero attached hydrogens (tertiary/aromatic N) is 5. The molecule has 0 aliphatic carbocycles. The molecule has 10 nitrogen and oxygen atoms in total. The number of piperidine rings is 1. The molecule has 10 heteroatoms. The van der Waals surface area contributed by atoms with Gasteiger partial charge in [-0.15, -0.1) is 0 Å².